The van der Waals surface area contributed by atoms with E-state index in [-0.39, 0.29) is 11.7 Å². The van der Waals surface area contributed by atoms with E-state index in [0.29, 0.717) is 19.5 Å². The van der Waals surface area contributed by atoms with E-state index in [1.807, 2.05) is 43.9 Å². The highest BCUT2D eigenvalue weighted by molar-refractivity contribution is 5.86. The summed E-state index contributed by atoms with van der Waals surface area (Å²) in [6.45, 7) is 9.06. The van der Waals surface area contributed by atoms with Crippen LogP contribution in [-0.4, -0.2) is 76.7 Å². The molecule has 2 aromatic rings. The number of likely N-dealkylation sites (N-methyl/N-ethyl adjacent to an activating group) is 1. The summed E-state index contributed by atoms with van der Waals surface area (Å²) in [5.41, 5.74) is 1.47. The van der Waals surface area contributed by atoms with Crippen molar-refractivity contribution in [1.82, 2.24) is 14.7 Å². The number of hydrogen-bond acceptors (Lipinski definition) is 5. The normalized spacial score (nSPS) is 15.7. The highest BCUT2D eigenvalue weighted by Crippen LogP contribution is 2.19. The number of rotatable bonds is 6. The monoisotopic (exact) mass is 453 g/mol. The molecular formula is C26H35N3O4. The minimum Gasteiger partial charge on any atom is -0.508 e. The number of aromatic hydroxyl groups is 1. The molecule has 7 heteroatoms. The molecule has 1 atom stereocenters. The summed E-state index contributed by atoms with van der Waals surface area (Å²) in [4.78, 5) is 31.9. The number of carbonyl (C=O) groups is 2. The minimum atomic E-state index is -0.690. The molecule has 0 aliphatic carbocycles. The number of hydrogen-bond donors (Lipinski definition) is 1. The van der Waals surface area contributed by atoms with Crippen LogP contribution >= 0.6 is 0 Å². The molecule has 1 saturated heterocycles. The topological polar surface area (TPSA) is 73.3 Å². The van der Waals surface area contributed by atoms with Gasteiger partial charge in [-0.1, -0.05) is 42.5 Å². The first-order chi connectivity index (χ1) is 15.6. The van der Waals surface area contributed by atoms with Crippen molar-refractivity contribution in [3.8, 4) is 5.75 Å². The van der Waals surface area contributed by atoms with Crippen molar-refractivity contribution in [2.24, 2.45) is 0 Å². The zero-order valence-electron chi connectivity index (χ0n) is 20.0. The second kappa shape index (κ2) is 10.7. The fourth-order valence-electron chi connectivity index (χ4n) is 3.89. The Balaban J connectivity index is 1.69. The Morgan fingerprint density at radius 1 is 0.970 bits per heavy atom. The third-order valence-electron chi connectivity index (χ3n) is 5.73. The van der Waals surface area contributed by atoms with Crippen molar-refractivity contribution < 1.29 is 19.4 Å². The maximum absolute atomic E-state index is 13.6. The number of phenolic OH excluding ortho intramolecular Hbond substituents is 1. The number of benzene rings is 2. The Morgan fingerprint density at radius 3 is 2.15 bits per heavy atom. The standard InChI is InChI=1S/C26H35N3O4/c1-26(2,3)33-25(32)27(4)23(18-20-10-12-22(30)13-11-20)24(31)29-16-14-28(15-17-29)19-21-8-6-5-7-9-21/h5-13,23,30H,14-19H2,1-4H3/t23-/m0/s1. The van der Waals surface area contributed by atoms with Gasteiger partial charge in [0.25, 0.3) is 0 Å². The quantitative estimate of drug-likeness (QED) is 0.725. The first-order valence-electron chi connectivity index (χ1n) is 11.4. The molecular weight excluding hydrogens is 418 g/mol. The van der Waals surface area contributed by atoms with Crippen molar-refractivity contribution in [3.63, 3.8) is 0 Å². The van der Waals surface area contributed by atoms with Gasteiger partial charge in [0, 0.05) is 46.2 Å². The molecule has 1 heterocycles. The van der Waals surface area contributed by atoms with Crippen LogP contribution in [0.3, 0.4) is 0 Å². The summed E-state index contributed by atoms with van der Waals surface area (Å²) in [6.07, 6.45) is -0.179. The van der Waals surface area contributed by atoms with Gasteiger partial charge in [-0.25, -0.2) is 4.79 Å². The second-order valence-corrected chi connectivity index (χ2v) is 9.56. The molecule has 2 amide bonds. The number of piperazine rings is 1. The summed E-state index contributed by atoms with van der Waals surface area (Å²) >= 11 is 0. The SMILES string of the molecule is CN(C(=O)OC(C)(C)C)[C@@H](Cc1ccc(O)cc1)C(=O)N1CCN(Cc2ccccc2)CC1. The van der Waals surface area contributed by atoms with Gasteiger partial charge in [0.1, 0.15) is 17.4 Å². The van der Waals surface area contributed by atoms with Crippen LogP contribution in [0, 0.1) is 0 Å². The summed E-state index contributed by atoms with van der Waals surface area (Å²) in [5.74, 6) is 0.0763. The van der Waals surface area contributed by atoms with E-state index in [2.05, 4.69) is 17.0 Å². The van der Waals surface area contributed by atoms with Gasteiger partial charge in [-0.3, -0.25) is 14.6 Å². The van der Waals surface area contributed by atoms with Crippen LogP contribution in [0.25, 0.3) is 0 Å². The van der Waals surface area contributed by atoms with Crippen molar-refractivity contribution in [1.29, 1.82) is 0 Å². The van der Waals surface area contributed by atoms with E-state index in [4.69, 9.17) is 4.74 Å². The van der Waals surface area contributed by atoms with Crippen LogP contribution < -0.4 is 0 Å². The second-order valence-electron chi connectivity index (χ2n) is 9.56. The van der Waals surface area contributed by atoms with Crippen LogP contribution in [0.5, 0.6) is 5.75 Å². The summed E-state index contributed by atoms with van der Waals surface area (Å²) in [7, 11) is 1.61. The molecule has 33 heavy (non-hydrogen) atoms. The van der Waals surface area contributed by atoms with E-state index in [1.165, 1.54) is 10.5 Å². The van der Waals surface area contributed by atoms with Crippen LogP contribution in [0.2, 0.25) is 0 Å². The highest BCUT2D eigenvalue weighted by Gasteiger charge is 2.34. The first-order valence-corrected chi connectivity index (χ1v) is 11.4. The molecule has 178 valence electrons. The zero-order valence-corrected chi connectivity index (χ0v) is 20.0. The number of amides is 2. The van der Waals surface area contributed by atoms with Gasteiger partial charge in [-0.05, 0) is 44.0 Å². The van der Waals surface area contributed by atoms with Gasteiger partial charge in [-0.2, -0.15) is 0 Å². The number of ether oxygens (including phenoxy) is 1. The number of nitrogens with zero attached hydrogens (tertiary/aromatic N) is 3. The molecule has 0 saturated carbocycles. The Hall–Kier alpha value is -3.06. The van der Waals surface area contributed by atoms with Gasteiger partial charge >= 0.3 is 6.09 Å². The molecule has 0 unspecified atom stereocenters. The molecule has 3 rings (SSSR count). The minimum absolute atomic E-state index is 0.0872. The number of carbonyl (C=O) groups excluding carboxylic acids is 2. The summed E-state index contributed by atoms with van der Waals surface area (Å²) in [6, 6.07) is 16.3. The average molecular weight is 454 g/mol. The van der Waals surface area contributed by atoms with Crippen molar-refractivity contribution in [2.45, 2.75) is 45.4 Å². The Bertz CT molecular complexity index is 917. The average Bonchev–Trinajstić information content (AvgIpc) is 2.78. The lowest BCUT2D eigenvalue weighted by atomic mass is 10.0. The third kappa shape index (κ3) is 7.22. The van der Waals surface area contributed by atoms with Gasteiger partial charge in [0.15, 0.2) is 0 Å². The first kappa shape index (κ1) is 24.6. The molecule has 1 N–H and O–H groups in total. The van der Waals surface area contributed by atoms with Crippen LogP contribution in [0.15, 0.2) is 54.6 Å². The predicted octanol–water partition coefficient (Wildman–Crippen LogP) is 3.51. The van der Waals surface area contributed by atoms with Gasteiger partial charge < -0.3 is 14.7 Å². The molecule has 0 bridgehead atoms. The van der Waals surface area contributed by atoms with Crippen LogP contribution in [0.4, 0.5) is 4.79 Å². The van der Waals surface area contributed by atoms with E-state index >= 15 is 0 Å². The zero-order chi connectivity index (χ0) is 24.0. The fourth-order valence-corrected chi connectivity index (χ4v) is 3.89. The van der Waals surface area contributed by atoms with Gasteiger partial charge in [0.05, 0.1) is 0 Å². The molecule has 2 aromatic carbocycles. The molecule has 1 aliphatic heterocycles. The lowest BCUT2D eigenvalue weighted by Crippen LogP contribution is -2.56. The molecule has 0 spiro atoms. The highest BCUT2D eigenvalue weighted by atomic mass is 16.6. The molecule has 1 aliphatic rings. The maximum atomic E-state index is 13.6. The third-order valence-corrected chi connectivity index (χ3v) is 5.73. The van der Waals surface area contributed by atoms with Crippen molar-refractivity contribution in [3.05, 3.63) is 65.7 Å². The van der Waals surface area contributed by atoms with E-state index in [0.717, 1.165) is 25.2 Å². The van der Waals surface area contributed by atoms with Crippen LogP contribution in [0.1, 0.15) is 31.9 Å². The van der Waals surface area contributed by atoms with Crippen molar-refractivity contribution >= 4 is 12.0 Å². The summed E-state index contributed by atoms with van der Waals surface area (Å²) in [5, 5.41) is 9.60. The van der Waals surface area contributed by atoms with Gasteiger partial charge in [0.2, 0.25) is 5.91 Å². The lowest BCUT2D eigenvalue weighted by molar-refractivity contribution is -0.138. The Kier molecular flexibility index (Phi) is 7.97. The van der Waals surface area contributed by atoms with Crippen molar-refractivity contribution in [2.75, 3.05) is 33.2 Å². The molecule has 0 aromatic heterocycles. The molecule has 7 nitrogen and oxygen atoms in total. The Morgan fingerprint density at radius 2 is 1.58 bits per heavy atom. The smallest absolute Gasteiger partial charge is 0.410 e. The van der Waals surface area contributed by atoms with Crippen LogP contribution in [-0.2, 0) is 22.5 Å². The van der Waals surface area contributed by atoms with Gasteiger partial charge in [-0.15, -0.1) is 0 Å². The Labute approximate surface area is 196 Å². The summed E-state index contributed by atoms with van der Waals surface area (Å²) < 4.78 is 5.53. The lowest BCUT2D eigenvalue weighted by Gasteiger charge is -2.38. The van der Waals surface area contributed by atoms with E-state index in [9.17, 15) is 14.7 Å². The van der Waals surface area contributed by atoms with E-state index in [1.54, 1.807) is 31.3 Å². The maximum Gasteiger partial charge on any atom is 0.410 e. The molecule has 0 radical (unpaired) electrons. The predicted molar refractivity (Wildman–Crippen MR) is 128 cm³/mol. The fraction of sp³-hybridized carbons (Fsp3) is 0.462. The van der Waals surface area contributed by atoms with E-state index < -0.39 is 17.7 Å². The number of phenols is 1. The largest absolute Gasteiger partial charge is 0.508 e. The molecule has 1 fully saturated rings.